The molecule has 18 heavy (non-hydrogen) atoms. The molecule has 0 aliphatic carbocycles. The first-order chi connectivity index (χ1) is 8.54. The molecule has 2 fully saturated rings. The second kappa shape index (κ2) is 6.02. The molecule has 1 amide bonds. The summed E-state index contributed by atoms with van der Waals surface area (Å²) in [5.74, 6) is 1.07. The lowest BCUT2D eigenvalue weighted by atomic mass is 9.99. The quantitative estimate of drug-likeness (QED) is 0.746. The Kier molecular flexibility index (Phi) is 4.62. The lowest BCUT2D eigenvalue weighted by molar-refractivity contribution is -0.137. The van der Waals surface area contributed by atoms with Crippen LogP contribution >= 0.6 is 0 Å². The van der Waals surface area contributed by atoms with Crippen molar-refractivity contribution in [1.82, 2.24) is 9.80 Å². The summed E-state index contributed by atoms with van der Waals surface area (Å²) in [7, 11) is 0. The SMILES string of the molecule is CC1CCN(C(=O)CN2CC(C)OC(C)C2)CC1. The van der Waals surface area contributed by atoms with Gasteiger partial charge in [-0.15, -0.1) is 0 Å². The fourth-order valence-corrected chi connectivity index (χ4v) is 2.96. The van der Waals surface area contributed by atoms with Gasteiger partial charge in [0.2, 0.25) is 5.91 Å². The average Bonchev–Trinajstić information content (AvgIpc) is 2.28. The Balaban J connectivity index is 1.80. The second-order valence-corrected chi connectivity index (χ2v) is 6.01. The van der Waals surface area contributed by atoms with E-state index in [1.165, 1.54) is 0 Å². The number of ether oxygens (including phenoxy) is 1. The minimum absolute atomic E-state index is 0.239. The van der Waals surface area contributed by atoms with Crippen LogP contribution in [0.3, 0.4) is 0 Å². The van der Waals surface area contributed by atoms with Crippen molar-refractivity contribution in [2.45, 2.75) is 45.8 Å². The van der Waals surface area contributed by atoms with Gasteiger partial charge in [-0.1, -0.05) is 6.92 Å². The van der Waals surface area contributed by atoms with Crippen LogP contribution in [0, 0.1) is 5.92 Å². The van der Waals surface area contributed by atoms with Crippen molar-refractivity contribution in [2.24, 2.45) is 5.92 Å². The van der Waals surface area contributed by atoms with E-state index in [-0.39, 0.29) is 12.2 Å². The largest absolute Gasteiger partial charge is 0.373 e. The maximum absolute atomic E-state index is 12.2. The molecule has 0 spiro atoms. The molecule has 0 N–H and O–H groups in total. The number of nitrogens with zero attached hydrogens (tertiary/aromatic N) is 2. The molecule has 2 heterocycles. The minimum Gasteiger partial charge on any atom is -0.373 e. The summed E-state index contributed by atoms with van der Waals surface area (Å²) in [4.78, 5) is 16.5. The molecule has 4 nitrogen and oxygen atoms in total. The van der Waals surface area contributed by atoms with Crippen molar-refractivity contribution >= 4 is 5.91 Å². The van der Waals surface area contributed by atoms with Crippen LogP contribution < -0.4 is 0 Å². The molecule has 0 aromatic heterocycles. The van der Waals surface area contributed by atoms with Gasteiger partial charge >= 0.3 is 0 Å². The van der Waals surface area contributed by atoms with E-state index in [1.54, 1.807) is 0 Å². The van der Waals surface area contributed by atoms with E-state index in [4.69, 9.17) is 4.74 Å². The topological polar surface area (TPSA) is 32.8 Å². The smallest absolute Gasteiger partial charge is 0.236 e. The predicted octanol–water partition coefficient (Wildman–Crippen LogP) is 1.35. The van der Waals surface area contributed by atoms with E-state index in [1.807, 2.05) is 4.90 Å². The number of piperidine rings is 1. The summed E-state index contributed by atoms with van der Waals surface area (Å²) >= 11 is 0. The molecular weight excluding hydrogens is 228 g/mol. The van der Waals surface area contributed by atoms with Crippen LogP contribution in [0.4, 0.5) is 0 Å². The third kappa shape index (κ3) is 3.69. The third-order valence-electron chi connectivity index (χ3n) is 3.99. The Morgan fingerprint density at radius 1 is 1.11 bits per heavy atom. The Hall–Kier alpha value is -0.610. The van der Waals surface area contributed by atoms with E-state index in [0.29, 0.717) is 12.5 Å². The molecule has 2 rings (SSSR count). The van der Waals surface area contributed by atoms with E-state index in [0.717, 1.165) is 44.9 Å². The molecule has 2 aliphatic heterocycles. The maximum atomic E-state index is 12.2. The first-order valence-corrected chi connectivity index (χ1v) is 7.20. The first kappa shape index (κ1) is 13.8. The van der Waals surface area contributed by atoms with Gasteiger partial charge in [0.15, 0.2) is 0 Å². The Bertz CT molecular complexity index is 278. The maximum Gasteiger partial charge on any atom is 0.236 e. The van der Waals surface area contributed by atoms with Crippen LogP contribution in [0.2, 0.25) is 0 Å². The van der Waals surface area contributed by atoms with Crippen molar-refractivity contribution in [2.75, 3.05) is 32.7 Å². The minimum atomic E-state index is 0.239. The number of morpholine rings is 1. The highest BCUT2D eigenvalue weighted by Crippen LogP contribution is 2.17. The van der Waals surface area contributed by atoms with Crippen molar-refractivity contribution in [3.8, 4) is 0 Å². The van der Waals surface area contributed by atoms with Gasteiger partial charge in [0.05, 0.1) is 18.8 Å². The van der Waals surface area contributed by atoms with Crippen LogP contribution in [0.5, 0.6) is 0 Å². The second-order valence-electron chi connectivity index (χ2n) is 6.01. The van der Waals surface area contributed by atoms with Crippen molar-refractivity contribution in [1.29, 1.82) is 0 Å². The van der Waals surface area contributed by atoms with Gasteiger partial charge in [-0.25, -0.2) is 0 Å². The highest BCUT2D eigenvalue weighted by molar-refractivity contribution is 5.78. The fourth-order valence-electron chi connectivity index (χ4n) is 2.96. The van der Waals surface area contributed by atoms with Crippen LogP contribution in [0.25, 0.3) is 0 Å². The number of hydrogen-bond donors (Lipinski definition) is 0. The Labute approximate surface area is 110 Å². The molecule has 104 valence electrons. The molecule has 4 heteroatoms. The number of carbonyl (C=O) groups excluding carboxylic acids is 1. The molecule has 0 bridgehead atoms. The van der Waals surface area contributed by atoms with Crippen LogP contribution in [0.15, 0.2) is 0 Å². The van der Waals surface area contributed by atoms with E-state index in [2.05, 4.69) is 25.7 Å². The van der Waals surface area contributed by atoms with Crippen LogP contribution in [-0.4, -0.2) is 60.6 Å². The molecule has 0 aromatic carbocycles. The number of likely N-dealkylation sites (tertiary alicyclic amines) is 1. The molecular formula is C14H26N2O2. The average molecular weight is 254 g/mol. The molecule has 0 aromatic rings. The zero-order valence-electron chi connectivity index (χ0n) is 11.9. The van der Waals surface area contributed by atoms with Gasteiger partial charge in [0.25, 0.3) is 0 Å². The van der Waals surface area contributed by atoms with Crippen LogP contribution in [0.1, 0.15) is 33.6 Å². The standard InChI is InChI=1S/C14H26N2O2/c1-11-4-6-16(7-5-11)14(17)10-15-8-12(2)18-13(3)9-15/h11-13H,4-10H2,1-3H3. The zero-order chi connectivity index (χ0) is 13.1. The fraction of sp³-hybridized carbons (Fsp3) is 0.929. The summed E-state index contributed by atoms with van der Waals surface area (Å²) in [5.41, 5.74) is 0. The Morgan fingerprint density at radius 2 is 1.67 bits per heavy atom. The third-order valence-corrected chi connectivity index (χ3v) is 3.99. The highest BCUT2D eigenvalue weighted by Gasteiger charge is 2.26. The van der Waals surface area contributed by atoms with Gasteiger partial charge in [-0.2, -0.15) is 0 Å². The van der Waals surface area contributed by atoms with E-state index in [9.17, 15) is 4.79 Å². The molecule has 0 radical (unpaired) electrons. The molecule has 2 aliphatic rings. The summed E-state index contributed by atoms with van der Waals surface area (Å²) in [6, 6.07) is 0. The number of rotatable bonds is 2. The van der Waals surface area contributed by atoms with E-state index >= 15 is 0 Å². The monoisotopic (exact) mass is 254 g/mol. The van der Waals surface area contributed by atoms with Gasteiger partial charge in [-0.3, -0.25) is 9.69 Å². The molecule has 2 atom stereocenters. The van der Waals surface area contributed by atoms with Gasteiger partial charge in [0, 0.05) is 26.2 Å². The number of amides is 1. The highest BCUT2D eigenvalue weighted by atomic mass is 16.5. The predicted molar refractivity (Wildman–Crippen MR) is 71.4 cm³/mol. The molecule has 0 saturated carbocycles. The van der Waals surface area contributed by atoms with Gasteiger partial charge < -0.3 is 9.64 Å². The zero-order valence-corrected chi connectivity index (χ0v) is 11.9. The summed E-state index contributed by atoms with van der Waals surface area (Å²) in [5, 5.41) is 0. The van der Waals surface area contributed by atoms with E-state index < -0.39 is 0 Å². The number of carbonyl (C=O) groups is 1. The van der Waals surface area contributed by atoms with Crippen LogP contribution in [-0.2, 0) is 9.53 Å². The number of hydrogen-bond acceptors (Lipinski definition) is 3. The van der Waals surface area contributed by atoms with Crippen molar-refractivity contribution in [3.63, 3.8) is 0 Å². The lowest BCUT2D eigenvalue weighted by Crippen LogP contribution is -2.50. The summed E-state index contributed by atoms with van der Waals surface area (Å²) in [6.07, 6.45) is 2.79. The molecule has 2 unspecified atom stereocenters. The van der Waals surface area contributed by atoms with Gasteiger partial charge in [0.1, 0.15) is 0 Å². The van der Waals surface area contributed by atoms with Gasteiger partial charge in [-0.05, 0) is 32.6 Å². The normalized spacial score (nSPS) is 31.6. The Morgan fingerprint density at radius 3 is 2.22 bits per heavy atom. The van der Waals surface area contributed by atoms with Crippen molar-refractivity contribution in [3.05, 3.63) is 0 Å². The summed E-state index contributed by atoms with van der Waals surface area (Å²) in [6.45, 7) is 10.6. The van der Waals surface area contributed by atoms with Crippen molar-refractivity contribution < 1.29 is 9.53 Å². The first-order valence-electron chi connectivity index (χ1n) is 7.20. The lowest BCUT2D eigenvalue weighted by Gasteiger charge is -2.37. The summed E-state index contributed by atoms with van der Waals surface area (Å²) < 4.78 is 5.69. The molecule has 2 saturated heterocycles.